The molecule has 1 unspecified atom stereocenters. The third-order valence-corrected chi connectivity index (χ3v) is 5.18. The molecule has 0 aliphatic heterocycles. The number of hydrogen-bond acceptors (Lipinski definition) is 2. The maximum atomic E-state index is 9.13. The van der Waals surface area contributed by atoms with E-state index >= 15 is 0 Å². The van der Waals surface area contributed by atoms with E-state index in [-0.39, 0.29) is 0 Å². The normalized spacial score (nSPS) is 20.1. The number of hydrogen-bond donors (Lipinski definition) is 0. The fourth-order valence-corrected chi connectivity index (χ4v) is 3.92. The summed E-state index contributed by atoms with van der Waals surface area (Å²) in [6.07, 6.45) is 6.39. The van der Waals surface area contributed by atoms with Crippen LogP contribution in [0.25, 0.3) is 0 Å². The zero-order valence-electron chi connectivity index (χ0n) is 13.4. The molecule has 0 radical (unpaired) electrons. The average Bonchev–Trinajstić information content (AvgIpc) is 3.44. The van der Waals surface area contributed by atoms with Gasteiger partial charge in [0.25, 0.3) is 0 Å². The van der Waals surface area contributed by atoms with Gasteiger partial charge in [-0.15, -0.1) is 0 Å². The van der Waals surface area contributed by atoms with Crippen molar-refractivity contribution in [1.29, 1.82) is 5.26 Å². The first-order chi connectivity index (χ1) is 11.3. The summed E-state index contributed by atoms with van der Waals surface area (Å²) in [5.41, 5.74) is 5.09. The highest BCUT2D eigenvalue weighted by Crippen LogP contribution is 2.41. The molecular weight excluding hydrogens is 280 g/mol. The fraction of sp³-hybridized carbons (Fsp3) is 0.381. The van der Waals surface area contributed by atoms with Crippen molar-refractivity contribution in [3.05, 3.63) is 70.8 Å². The van der Waals surface area contributed by atoms with Gasteiger partial charge >= 0.3 is 0 Å². The molecule has 1 saturated carbocycles. The second-order valence-corrected chi connectivity index (χ2v) is 6.82. The van der Waals surface area contributed by atoms with Crippen molar-refractivity contribution in [1.82, 2.24) is 4.90 Å². The Balaban J connectivity index is 1.63. The molecule has 2 aliphatic carbocycles. The van der Waals surface area contributed by atoms with Crippen molar-refractivity contribution >= 4 is 0 Å². The summed E-state index contributed by atoms with van der Waals surface area (Å²) in [6, 6.07) is 20.6. The zero-order chi connectivity index (χ0) is 15.6. The molecule has 1 atom stereocenters. The van der Waals surface area contributed by atoms with E-state index in [9.17, 15) is 0 Å². The summed E-state index contributed by atoms with van der Waals surface area (Å²) in [4.78, 5) is 2.69. The topological polar surface area (TPSA) is 27.0 Å². The molecule has 0 spiro atoms. The van der Waals surface area contributed by atoms with E-state index in [0.29, 0.717) is 6.04 Å². The number of benzene rings is 2. The van der Waals surface area contributed by atoms with Crippen molar-refractivity contribution in [3.63, 3.8) is 0 Å². The maximum absolute atomic E-state index is 9.13. The van der Waals surface area contributed by atoms with Crippen molar-refractivity contribution in [3.8, 4) is 6.07 Å². The summed E-state index contributed by atoms with van der Waals surface area (Å²) < 4.78 is 0. The minimum absolute atomic E-state index is 0.540. The van der Waals surface area contributed by atoms with Crippen LogP contribution >= 0.6 is 0 Å². The van der Waals surface area contributed by atoms with Gasteiger partial charge in [-0.1, -0.05) is 36.4 Å². The minimum atomic E-state index is 0.540. The van der Waals surface area contributed by atoms with E-state index in [1.807, 2.05) is 18.2 Å². The molecule has 2 aromatic carbocycles. The number of rotatable bonds is 4. The highest BCUT2D eigenvalue weighted by atomic mass is 15.2. The van der Waals surface area contributed by atoms with Gasteiger partial charge in [0.05, 0.1) is 11.6 Å². The van der Waals surface area contributed by atoms with Gasteiger partial charge in [0.2, 0.25) is 0 Å². The molecular formula is C21H22N2. The van der Waals surface area contributed by atoms with Crippen molar-refractivity contribution in [2.24, 2.45) is 0 Å². The van der Waals surface area contributed by atoms with Gasteiger partial charge < -0.3 is 0 Å². The second-order valence-electron chi connectivity index (χ2n) is 6.82. The Labute approximate surface area is 138 Å². The van der Waals surface area contributed by atoms with Crippen molar-refractivity contribution < 1.29 is 0 Å². The Bertz CT molecular complexity index is 740. The SMILES string of the molecule is N#Cc1cccc(CN(C2CC2)C2CCCc3ccccc32)c1. The third-order valence-electron chi connectivity index (χ3n) is 5.18. The van der Waals surface area contributed by atoms with E-state index in [4.69, 9.17) is 5.26 Å². The van der Waals surface area contributed by atoms with Crippen LogP contribution < -0.4 is 0 Å². The van der Waals surface area contributed by atoms with Crippen LogP contribution in [0.5, 0.6) is 0 Å². The molecule has 116 valence electrons. The summed E-state index contributed by atoms with van der Waals surface area (Å²) in [7, 11) is 0. The second kappa shape index (κ2) is 6.18. The van der Waals surface area contributed by atoms with Gasteiger partial charge in [0, 0.05) is 18.6 Å². The van der Waals surface area contributed by atoms with E-state index in [2.05, 4.69) is 41.3 Å². The van der Waals surface area contributed by atoms with Gasteiger partial charge in [-0.25, -0.2) is 0 Å². The van der Waals surface area contributed by atoms with Gasteiger partial charge in [-0.3, -0.25) is 4.90 Å². The number of nitriles is 1. The molecule has 23 heavy (non-hydrogen) atoms. The third kappa shape index (κ3) is 3.02. The molecule has 2 aliphatic rings. The monoisotopic (exact) mass is 302 g/mol. The maximum Gasteiger partial charge on any atom is 0.0991 e. The van der Waals surface area contributed by atoms with Crippen LogP contribution in [-0.2, 0) is 13.0 Å². The first-order valence-electron chi connectivity index (χ1n) is 8.68. The molecule has 4 rings (SSSR count). The summed E-state index contributed by atoms with van der Waals surface area (Å²) >= 11 is 0. The van der Waals surface area contributed by atoms with Crippen LogP contribution in [0, 0.1) is 11.3 Å². The molecule has 2 nitrogen and oxygen atoms in total. The number of fused-ring (bicyclic) bond motifs is 1. The smallest absolute Gasteiger partial charge is 0.0991 e. The number of nitrogens with zero attached hydrogens (tertiary/aromatic N) is 2. The van der Waals surface area contributed by atoms with Crippen LogP contribution in [-0.4, -0.2) is 10.9 Å². The average molecular weight is 302 g/mol. The first kappa shape index (κ1) is 14.5. The molecule has 0 heterocycles. The van der Waals surface area contributed by atoms with Crippen molar-refractivity contribution in [2.75, 3.05) is 0 Å². The Morgan fingerprint density at radius 1 is 1.04 bits per heavy atom. The van der Waals surface area contributed by atoms with Crippen LogP contribution in [0.1, 0.15) is 54.0 Å². The lowest BCUT2D eigenvalue weighted by Gasteiger charge is -2.36. The first-order valence-corrected chi connectivity index (χ1v) is 8.68. The summed E-state index contributed by atoms with van der Waals surface area (Å²) in [6.45, 7) is 0.958. The molecule has 2 heteroatoms. The lowest BCUT2D eigenvalue weighted by Crippen LogP contribution is -2.32. The molecule has 0 aromatic heterocycles. The quantitative estimate of drug-likeness (QED) is 0.825. The predicted octanol–water partition coefficient (Wildman–Crippen LogP) is 4.60. The van der Waals surface area contributed by atoms with E-state index < -0.39 is 0 Å². The standard InChI is InChI=1S/C21H22N2/c22-14-16-5-3-6-17(13-16)15-23(19-11-12-19)21-10-4-8-18-7-1-2-9-20(18)21/h1-3,5-7,9,13,19,21H,4,8,10-12,15H2. The van der Waals surface area contributed by atoms with Crippen LogP contribution in [0.4, 0.5) is 0 Å². The zero-order valence-corrected chi connectivity index (χ0v) is 13.4. The van der Waals surface area contributed by atoms with Gasteiger partial charge in [0.1, 0.15) is 0 Å². The van der Waals surface area contributed by atoms with Gasteiger partial charge in [-0.2, -0.15) is 5.26 Å². The molecule has 2 aromatic rings. The lowest BCUT2D eigenvalue weighted by molar-refractivity contribution is 0.160. The Morgan fingerprint density at radius 2 is 1.91 bits per heavy atom. The highest BCUT2D eigenvalue weighted by Gasteiger charge is 2.36. The summed E-state index contributed by atoms with van der Waals surface area (Å²) in [5.74, 6) is 0. The molecule has 0 bridgehead atoms. The van der Waals surface area contributed by atoms with E-state index in [0.717, 1.165) is 18.2 Å². The predicted molar refractivity (Wildman–Crippen MR) is 91.8 cm³/mol. The van der Waals surface area contributed by atoms with E-state index in [1.165, 1.54) is 48.8 Å². The van der Waals surface area contributed by atoms with Gasteiger partial charge in [0.15, 0.2) is 0 Å². The minimum Gasteiger partial charge on any atom is -0.289 e. The van der Waals surface area contributed by atoms with E-state index in [1.54, 1.807) is 0 Å². The molecule has 1 fully saturated rings. The Morgan fingerprint density at radius 3 is 2.74 bits per heavy atom. The fourth-order valence-electron chi connectivity index (χ4n) is 3.92. The molecule has 0 N–H and O–H groups in total. The van der Waals surface area contributed by atoms with Crippen LogP contribution in [0.15, 0.2) is 48.5 Å². The molecule has 0 amide bonds. The largest absolute Gasteiger partial charge is 0.289 e. The number of aryl methyl sites for hydroxylation is 1. The summed E-state index contributed by atoms with van der Waals surface area (Å²) in [5, 5.41) is 9.13. The lowest BCUT2D eigenvalue weighted by atomic mass is 9.86. The Kier molecular flexibility index (Phi) is 3.89. The van der Waals surface area contributed by atoms with Crippen molar-refractivity contribution in [2.45, 2.75) is 50.7 Å². The van der Waals surface area contributed by atoms with Crippen LogP contribution in [0.2, 0.25) is 0 Å². The van der Waals surface area contributed by atoms with Crippen LogP contribution in [0.3, 0.4) is 0 Å². The highest BCUT2D eigenvalue weighted by molar-refractivity contribution is 5.35. The Hall–Kier alpha value is -2.11. The molecule has 0 saturated heterocycles. The van der Waals surface area contributed by atoms with Gasteiger partial charge in [-0.05, 0) is 60.9 Å².